The molecule has 27 heavy (non-hydrogen) atoms. The smallest absolute Gasteiger partial charge is 0.347 e. The maximum absolute atomic E-state index is 12.3. The molecule has 2 aromatic rings. The lowest BCUT2D eigenvalue weighted by atomic mass is 10.1. The van der Waals surface area contributed by atoms with E-state index in [0.29, 0.717) is 28.6 Å². The number of hydrogen-bond acceptors (Lipinski definition) is 6. The second-order valence-corrected chi connectivity index (χ2v) is 6.05. The quantitative estimate of drug-likeness (QED) is 0.709. The minimum absolute atomic E-state index is 0.395. The molecule has 0 aliphatic carbocycles. The minimum atomic E-state index is -0.396. The van der Waals surface area contributed by atoms with Crippen molar-refractivity contribution in [3.63, 3.8) is 0 Å². The van der Waals surface area contributed by atoms with Crippen LogP contribution in [-0.4, -0.2) is 41.0 Å². The molecule has 0 spiro atoms. The first kappa shape index (κ1) is 18.8. The highest BCUT2D eigenvalue weighted by Crippen LogP contribution is 2.39. The zero-order valence-electron chi connectivity index (χ0n) is 15.9. The van der Waals surface area contributed by atoms with E-state index < -0.39 is 12.2 Å². The zero-order valence-corrected chi connectivity index (χ0v) is 15.9. The number of quaternary nitrogens is 1. The Balaban J connectivity index is 1.70. The summed E-state index contributed by atoms with van der Waals surface area (Å²) < 4.78 is 26.7. The van der Waals surface area contributed by atoms with Crippen molar-refractivity contribution < 1.29 is 33.8 Å². The molecule has 2 aromatic carbocycles. The van der Waals surface area contributed by atoms with E-state index in [0.717, 1.165) is 24.1 Å². The first-order valence-corrected chi connectivity index (χ1v) is 8.63. The number of cyclic esters (lactones) is 1. The van der Waals surface area contributed by atoms with E-state index in [1.165, 1.54) is 14.2 Å². The molecule has 7 nitrogen and oxygen atoms in total. The van der Waals surface area contributed by atoms with Crippen LogP contribution in [0.5, 0.6) is 23.0 Å². The Kier molecular flexibility index (Phi) is 5.71. The standard InChI is InChI=1S/C20H23NO6/c1-23-14-7-5-12(11-16(14)25-3)9-10-21-19-13-6-8-15(24-2)18(26-4)17(13)20(22)27-19/h5-8,11,19,21H,9-10H2,1-4H3/p+1/t19-/m1/s1. The molecule has 0 unspecified atom stereocenters. The second-order valence-electron chi connectivity index (χ2n) is 6.05. The SMILES string of the molecule is COc1ccc(CC[NH2+][C@@H]2OC(=O)c3c2ccc(OC)c3OC)cc1OC. The fraction of sp³-hybridized carbons (Fsp3) is 0.350. The fourth-order valence-corrected chi connectivity index (χ4v) is 3.24. The summed E-state index contributed by atoms with van der Waals surface area (Å²) in [5.74, 6) is 1.93. The van der Waals surface area contributed by atoms with Gasteiger partial charge in [-0.1, -0.05) is 6.07 Å². The van der Waals surface area contributed by atoms with Crippen LogP contribution in [0.1, 0.15) is 27.7 Å². The van der Waals surface area contributed by atoms with Gasteiger partial charge in [0.25, 0.3) is 6.23 Å². The molecule has 7 heteroatoms. The van der Waals surface area contributed by atoms with E-state index in [1.54, 1.807) is 20.3 Å². The molecule has 0 aromatic heterocycles. The number of benzene rings is 2. The van der Waals surface area contributed by atoms with Crippen molar-refractivity contribution in [3.8, 4) is 23.0 Å². The molecule has 0 saturated heterocycles. The lowest BCUT2D eigenvalue weighted by Crippen LogP contribution is -2.85. The first-order chi connectivity index (χ1) is 13.1. The highest BCUT2D eigenvalue weighted by atomic mass is 16.6. The molecule has 1 aliphatic heterocycles. The number of carbonyl (C=O) groups excluding carboxylic acids is 1. The van der Waals surface area contributed by atoms with Gasteiger partial charge >= 0.3 is 5.97 Å². The number of fused-ring (bicyclic) bond motifs is 1. The lowest BCUT2D eigenvalue weighted by molar-refractivity contribution is -0.727. The van der Waals surface area contributed by atoms with Gasteiger partial charge in [0, 0.05) is 6.42 Å². The van der Waals surface area contributed by atoms with Crippen molar-refractivity contribution in [1.29, 1.82) is 0 Å². The molecule has 1 aliphatic rings. The van der Waals surface area contributed by atoms with Gasteiger partial charge in [-0.25, -0.2) is 4.79 Å². The van der Waals surface area contributed by atoms with Crippen LogP contribution in [0, 0.1) is 0 Å². The molecule has 0 bridgehead atoms. The predicted octanol–water partition coefficient (Wildman–Crippen LogP) is 1.70. The van der Waals surface area contributed by atoms with Gasteiger partial charge in [0.15, 0.2) is 23.0 Å². The minimum Gasteiger partial charge on any atom is -0.493 e. The average molecular weight is 374 g/mol. The van der Waals surface area contributed by atoms with Crippen molar-refractivity contribution in [2.75, 3.05) is 35.0 Å². The highest BCUT2D eigenvalue weighted by Gasteiger charge is 2.37. The maximum atomic E-state index is 12.3. The molecule has 3 rings (SSSR count). The summed E-state index contributed by atoms with van der Waals surface area (Å²) >= 11 is 0. The molecule has 1 heterocycles. The number of hydrogen-bond donors (Lipinski definition) is 1. The Morgan fingerprint density at radius 2 is 1.63 bits per heavy atom. The van der Waals surface area contributed by atoms with E-state index in [1.807, 2.05) is 29.6 Å². The van der Waals surface area contributed by atoms with Gasteiger partial charge in [-0.15, -0.1) is 0 Å². The summed E-state index contributed by atoms with van der Waals surface area (Å²) in [6.07, 6.45) is 0.393. The van der Waals surface area contributed by atoms with Crippen LogP contribution in [0.4, 0.5) is 0 Å². The number of rotatable bonds is 8. The number of ether oxygens (including phenoxy) is 5. The third-order valence-electron chi connectivity index (χ3n) is 4.58. The summed E-state index contributed by atoms with van der Waals surface area (Å²) in [6, 6.07) is 9.47. The van der Waals surface area contributed by atoms with E-state index in [-0.39, 0.29) is 0 Å². The van der Waals surface area contributed by atoms with Crippen molar-refractivity contribution in [2.24, 2.45) is 0 Å². The normalized spacial score (nSPS) is 15.1. The molecule has 0 amide bonds. The number of methoxy groups -OCH3 is 4. The van der Waals surface area contributed by atoms with Crippen LogP contribution in [0.15, 0.2) is 30.3 Å². The van der Waals surface area contributed by atoms with Gasteiger partial charge in [0.05, 0.1) is 40.5 Å². The largest absolute Gasteiger partial charge is 0.493 e. The third kappa shape index (κ3) is 3.64. The number of carbonyl (C=O) groups is 1. The summed E-state index contributed by atoms with van der Waals surface area (Å²) in [4.78, 5) is 12.3. The van der Waals surface area contributed by atoms with Crippen LogP contribution < -0.4 is 24.3 Å². The van der Waals surface area contributed by atoms with Gasteiger partial charge in [-0.2, -0.15) is 0 Å². The number of esters is 1. The lowest BCUT2D eigenvalue weighted by Gasteiger charge is -2.12. The molecular weight excluding hydrogens is 350 g/mol. The highest BCUT2D eigenvalue weighted by molar-refractivity contribution is 5.97. The first-order valence-electron chi connectivity index (χ1n) is 8.63. The third-order valence-corrected chi connectivity index (χ3v) is 4.58. The average Bonchev–Trinajstić information content (AvgIpc) is 3.02. The van der Waals surface area contributed by atoms with Gasteiger partial charge in [-0.3, -0.25) is 0 Å². The van der Waals surface area contributed by atoms with Crippen LogP contribution in [0.3, 0.4) is 0 Å². The van der Waals surface area contributed by atoms with Gasteiger partial charge < -0.3 is 29.0 Å². The summed E-state index contributed by atoms with van der Waals surface area (Å²) in [5.41, 5.74) is 2.34. The summed E-state index contributed by atoms with van der Waals surface area (Å²) in [6.45, 7) is 0.737. The van der Waals surface area contributed by atoms with E-state index in [2.05, 4.69) is 0 Å². The summed E-state index contributed by atoms with van der Waals surface area (Å²) in [5, 5.41) is 1.99. The predicted molar refractivity (Wildman–Crippen MR) is 97.7 cm³/mol. The van der Waals surface area contributed by atoms with Crippen molar-refractivity contribution in [2.45, 2.75) is 12.6 Å². The molecular formula is C20H24NO6+. The molecule has 0 saturated carbocycles. The second kappa shape index (κ2) is 8.18. The van der Waals surface area contributed by atoms with Gasteiger partial charge in [-0.05, 0) is 29.8 Å². The molecule has 144 valence electrons. The Labute approximate surface area is 158 Å². The maximum Gasteiger partial charge on any atom is 0.347 e. The monoisotopic (exact) mass is 374 g/mol. The Bertz CT molecular complexity index is 835. The zero-order chi connectivity index (χ0) is 19.4. The van der Waals surface area contributed by atoms with Crippen molar-refractivity contribution in [3.05, 3.63) is 47.0 Å². The van der Waals surface area contributed by atoms with Crippen LogP contribution in [0.2, 0.25) is 0 Å². The topological polar surface area (TPSA) is 79.8 Å². The molecule has 0 fully saturated rings. The van der Waals surface area contributed by atoms with Gasteiger partial charge in [0.1, 0.15) is 5.56 Å². The van der Waals surface area contributed by atoms with Crippen molar-refractivity contribution >= 4 is 5.97 Å². The summed E-state index contributed by atoms with van der Waals surface area (Å²) in [7, 11) is 6.28. The van der Waals surface area contributed by atoms with Crippen LogP contribution in [-0.2, 0) is 11.2 Å². The van der Waals surface area contributed by atoms with Crippen LogP contribution >= 0.6 is 0 Å². The van der Waals surface area contributed by atoms with Crippen molar-refractivity contribution in [1.82, 2.24) is 0 Å². The molecule has 1 atom stereocenters. The van der Waals surface area contributed by atoms with Crippen LogP contribution in [0.25, 0.3) is 0 Å². The van der Waals surface area contributed by atoms with E-state index in [9.17, 15) is 4.79 Å². The Morgan fingerprint density at radius 3 is 2.30 bits per heavy atom. The Hall–Kier alpha value is -2.93. The van der Waals surface area contributed by atoms with E-state index >= 15 is 0 Å². The number of nitrogens with two attached hydrogens (primary N) is 1. The molecule has 0 radical (unpaired) electrons. The van der Waals surface area contributed by atoms with Gasteiger partial charge in [0.2, 0.25) is 0 Å². The fourth-order valence-electron chi connectivity index (χ4n) is 3.24. The Morgan fingerprint density at radius 1 is 0.926 bits per heavy atom. The van der Waals surface area contributed by atoms with E-state index in [4.69, 9.17) is 23.7 Å². The molecule has 2 N–H and O–H groups in total.